The molecule has 1 aliphatic rings. The molecule has 0 fully saturated rings. The first-order chi connectivity index (χ1) is 12.4. The zero-order chi connectivity index (χ0) is 19.5. The van der Waals surface area contributed by atoms with Crippen LogP contribution in [0.15, 0.2) is 24.3 Å². The molecular formula is C20H29N2O3S2Y-. The number of aromatic nitrogens is 1. The number of aryl methyl sites for hydroxylation is 2. The molecule has 3 rings (SSSR count). The average Bonchev–Trinajstić information content (AvgIpc) is 3.02. The number of fused-ring (bicyclic) bond motifs is 1. The fourth-order valence-corrected chi connectivity index (χ4v) is 5.88. The standard InChI is InChI=1S/C17H20N2O3S2.C2H6.CH3.Y/c1-4-8-13-18-17-15(23-13)14(20)16(24(21,22)19(17)5-2)12-10-7-6-9-11(12)3;1-2;;/h6-7,9-10,20H,4-5,8H2,1-3H3;1-2H3;1H3;/q;;-1;. The Labute approximate surface area is 198 Å². The molecule has 2 heterocycles. The SMILES string of the molecule is CC.CCCc1nc2c(s1)C(O)=C(c1ccccc1C)S(=O)(=O)N2CC.[CH3-].[Y]. The Bertz CT molecular complexity index is 921. The molecule has 0 amide bonds. The molecule has 8 heteroatoms. The molecule has 0 atom stereocenters. The summed E-state index contributed by atoms with van der Waals surface area (Å²) in [5, 5.41) is 11.6. The Morgan fingerprint density at radius 3 is 2.32 bits per heavy atom. The summed E-state index contributed by atoms with van der Waals surface area (Å²) in [6.07, 6.45) is 1.68. The number of sulfonamides is 1. The molecular weight excluding hydrogens is 469 g/mol. The Kier molecular flexibility index (Phi) is 11.1. The number of anilines is 1. The van der Waals surface area contributed by atoms with Crippen molar-refractivity contribution in [2.75, 3.05) is 10.8 Å². The van der Waals surface area contributed by atoms with Crippen LogP contribution in [-0.4, -0.2) is 25.1 Å². The molecule has 28 heavy (non-hydrogen) atoms. The van der Waals surface area contributed by atoms with Crippen LogP contribution in [0.3, 0.4) is 0 Å². The van der Waals surface area contributed by atoms with Crippen LogP contribution in [0.25, 0.3) is 10.7 Å². The maximum atomic E-state index is 13.1. The molecule has 153 valence electrons. The van der Waals surface area contributed by atoms with Gasteiger partial charge in [-0.1, -0.05) is 45.0 Å². The van der Waals surface area contributed by atoms with Gasteiger partial charge in [-0.15, -0.1) is 11.3 Å². The van der Waals surface area contributed by atoms with Crippen molar-refractivity contribution in [3.63, 3.8) is 0 Å². The summed E-state index contributed by atoms with van der Waals surface area (Å²) >= 11 is 1.37. The van der Waals surface area contributed by atoms with E-state index >= 15 is 0 Å². The van der Waals surface area contributed by atoms with Crippen LogP contribution in [0.4, 0.5) is 5.82 Å². The van der Waals surface area contributed by atoms with E-state index < -0.39 is 10.0 Å². The number of hydrogen-bond donors (Lipinski definition) is 1. The predicted molar refractivity (Wildman–Crippen MR) is 116 cm³/mol. The van der Waals surface area contributed by atoms with Gasteiger partial charge in [-0.05, 0) is 32.3 Å². The summed E-state index contributed by atoms with van der Waals surface area (Å²) in [7, 11) is -3.85. The second-order valence-corrected chi connectivity index (χ2v) is 8.56. The monoisotopic (exact) mass is 498 g/mol. The van der Waals surface area contributed by atoms with E-state index in [9.17, 15) is 13.5 Å². The van der Waals surface area contributed by atoms with E-state index in [2.05, 4.69) is 4.98 Å². The number of hydrogen-bond acceptors (Lipinski definition) is 5. The van der Waals surface area contributed by atoms with Gasteiger partial charge in [-0.2, -0.15) is 0 Å². The van der Waals surface area contributed by atoms with Gasteiger partial charge in [-0.25, -0.2) is 17.7 Å². The molecule has 5 nitrogen and oxygen atoms in total. The van der Waals surface area contributed by atoms with Crippen molar-refractivity contribution in [1.82, 2.24) is 4.98 Å². The van der Waals surface area contributed by atoms with Crippen molar-refractivity contribution in [3.05, 3.63) is 52.7 Å². The van der Waals surface area contributed by atoms with Gasteiger partial charge in [0.15, 0.2) is 11.6 Å². The first-order valence-corrected chi connectivity index (χ1v) is 11.2. The number of benzene rings is 1. The minimum Gasteiger partial charge on any atom is -0.505 e. The summed E-state index contributed by atoms with van der Waals surface area (Å²) in [6, 6.07) is 7.19. The van der Waals surface area contributed by atoms with Crippen molar-refractivity contribution in [2.45, 2.75) is 47.5 Å². The Hall–Kier alpha value is -0.756. The van der Waals surface area contributed by atoms with E-state index in [1.54, 1.807) is 19.1 Å². The molecule has 1 aromatic carbocycles. The molecule has 0 unspecified atom stereocenters. The largest absolute Gasteiger partial charge is 0.505 e. The van der Waals surface area contributed by atoms with Gasteiger partial charge in [-0.3, -0.25) is 0 Å². The van der Waals surface area contributed by atoms with Crippen LogP contribution in [0.1, 0.15) is 55.1 Å². The maximum absolute atomic E-state index is 13.1. The van der Waals surface area contributed by atoms with Crippen molar-refractivity contribution in [3.8, 4) is 0 Å². The van der Waals surface area contributed by atoms with Crippen LogP contribution in [-0.2, 0) is 49.2 Å². The van der Waals surface area contributed by atoms with Crippen LogP contribution >= 0.6 is 11.3 Å². The van der Waals surface area contributed by atoms with Crippen molar-refractivity contribution >= 4 is 37.8 Å². The van der Waals surface area contributed by atoms with Gasteiger partial charge in [0.2, 0.25) is 0 Å². The number of rotatable bonds is 4. The average molecular weight is 499 g/mol. The first-order valence-electron chi connectivity index (χ1n) is 8.93. The molecule has 2 aromatic rings. The minimum atomic E-state index is -3.85. The zero-order valence-electron chi connectivity index (χ0n) is 17.5. The third kappa shape index (κ3) is 4.86. The van der Waals surface area contributed by atoms with E-state index in [0.717, 1.165) is 23.4 Å². The van der Waals surface area contributed by atoms with Gasteiger partial charge < -0.3 is 12.5 Å². The first kappa shape index (κ1) is 27.2. The molecule has 1 N–H and O–H groups in total. The van der Waals surface area contributed by atoms with Crippen molar-refractivity contribution in [2.24, 2.45) is 0 Å². The summed E-state index contributed by atoms with van der Waals surface area (Å²) < 4.78 is 27.5. The normalized spacial score (nSPS) is 14.2. The van der Waals surface area contributed by atoms with E-state index in [1.807, 2.05) is 39.8 Å². The number of thiazole rings is 1. The second kappa shape index (κ2) is 11.4. The quantitative estimate of drug-likeness (QED) is 0.571. The smallest absolute Gasteiger partial charge is 0.269 e. The van der Waals surface area contributed by atoms with E-state index in [0.29, 0.717) is 16.3 Å². The fraction of sp³-hybridized carbons (Fsp3) is 0.400. The van der Waals surface area contributed by atoms with Crippen molar-refractivity contribution in [1.29, 1.82) is 0 Å². The van der Waals surface area contributed by atoms with E-state index in [-0.39, 0.29) is 57.3 Å². The second-order valence-electron chi connectivity index (χ2n) is 5.67. The van der Waals surface area contributed by atoms with Gasteiger partial charge in [0.25, 0.3) is 10.0 Å². The number of aliphatic hydroxyl groups excluding tert-OH is 1. The molecule has 0 aliphatic carbocycles. The Morgan fingerprint density at radius 1 is 1.18 bits per heavy atom. The molecule has 0 bridgehead atoms. The minimum absolute atomic E-state index is 0. The molecule has 1 radical (unpaired) electrons. The molecule has 1 aromatic heterocycles. The molecule has 0 saturated carbocycles. The molecule has 0 saturated heterocycles. The summed E-state index contributed by atoms with van der Waals surface area (Å²) in [6.45, 7) is 9.93. The Balaban J connectivity index is 0.00000177. The molecule has 1 aliphatic heterocycles. The van der Waals surface area contributed by atoms with Crippen molar-refractivity contribution < 1.29 is 46.2 Å². The van der Waals surface area contributed by atoms with Crippen LogP contribution in [0, 0.1) is 14.4 Å². The van der Waals surface area contributed by atoms with Crippen LogP contribution in [0.2, 0.25) is 0 Å². The van der Waals surface area contributed by atoms with Crippen LogP contribution in [0.5, 0.6) is 0 Å². The summed E-state index contributed by atoms with van der Waals surface area (Å²) in [5.41, 5.74) is 1.34. The maximum Gasteiger partial charge on any atom is 0.269 e. The van der Waals surface area contributed by atoms with E-state index in [1.165, 1.54) is 15.6 Å². The van der Waals surface area contributed by atoms with Gasteiger partial charge >= 0.3 is 0 Å². The van der Waals surface area contributed by atoms with Crippen LogP contribution < -0.4 is 4.31 Å². The Morgan fingerprint density at radius 2 is 1.79 bits per heavy atom. The number of nitrogens with zero attached hydrogens (tertiary/aromatic N) is 2. The van der Waals surface area contributed by atoms with Gasteiger partial charge in [0.05, 0.1) is 5.01 Å². The fourth-order valence-electron chi connectivity index (χ4n) is 2.86. The topological polar surface area (TPSA) is 70.5 Å². The molecule has 0 spiro atoms. The number of aliphatic hydroxyl groups is 1. The summed E-state index contributed by atoms with van der Waals surface area (Å²) in [4.78, 5) is 4.97. The third-order valence-electron chi connectivity index (χ3n) is 4.01. The summed E-state index contributed by atoms with van der Waals surface area (Å²) in [5.74, 6) is 0.157. The third-order valence-corrected chi connectivity index (χ3v) is 7.06. The van der Waals surface area contributed by atoms with E-state index in [4.69, 9.17) is 0 Å². The van der Waals surface area contributed by atoms with Gasteiger partial charge in [0, 0.05) is 44.8 Å². The predicted octanol–water partition coefficient (Wildman–Crippen LogP) is 5.43. The van der Waals surface area contributed by atoms with Gasteiger partial charge in [0.1, 0.15) is 9.78 Å². The zero-order valence-corrected chi connectivity index (χ0v) is 22.0.